The Morgan fingerprint density at radius 2 is 1.41 bits per heavy atom. The first-order valence-corrected chi connectivity index (χ1v) is 11.6. The molecule has 0 bridgehead atoms. The van der Waals surface area contributed by atoms with Gasteiger partial charge in [0, 0.05) is 34.5 Å². The number of rotatable bonds is 4. The van der Waals surface area contributed by atoms with E-state index in [9.17, 15) is 12.8 Å². The normalized spacial score (nSPS) is 11.0. The van der Waals surface area contributed by atoms with Crippen LogP contribution < -0.4 is 0 Å². The van der Waals surface area contributed by atoms with Gasteiger partial charge in [-0.05, 0) is 54.1 Å². The van der Waals surface area contributed by atoms with Crippen LogP contribution in [0.3, 0.4) is 0 Å². The van der Waals surface area contributed by atoms with Crippen molar-refractivity contribution in [3.05, 3.63) is 85.1 Å². The average molecular weight is 517 g/mol. The van der Waals surface area contributed by atoms with Crippen LogP contribution >= 0.6 is 24.8 Å². The minimum Gasteiger partial charge on any atom is -0.284 e. The standard InChI is InChI=1S/C24H17FN4O2S.2ClH/c1-32(30,31)19-9-4-16(5-10-19)24-21(13-28-29-24)17-6-11-22-20(12-17)23(27-14-26-22)15-2-7-18(25)8-3-15;;/h2-14H,1H3,(H,28,29);2*1H. The topological polar surface area (TPSA) is 88.6 Å². The lowest BCUT2D eigenvalue weighted by atomic mass is 9.98. The Labute approximate surface area is 208 Å². The number of hydrogen-bond donors (Lipinski definition) is 1. The van der Waals surface area contributed by atoms with Gasteiger partial charge in [0.05, 0.1) is 21.8 Å². The number of benzene rings is 3. The van der Waals surface area contributed by atoms with Crippen molar-refractivity contribution in [2.45, 2.75) is 4.90 Å². The highest BCUT2D eigenvalue weighted by Crippen LogP contribution is 2.34. The van der Waals surface area contributed by atoms with Crippen molar-refractivity contribution in [1.82, 2.24) is 20.2 Å². The predicted molar refractivity (Wildman–Crippen MR) is 136 cm³/mol. The number of halogens is 3. The zero-order valence-electron chi connectivity index (χ0n) is 17.8. The number of nitrogens with zero attached hydrogens (tertiary/aromatic N) is 3. The van der Waals surface area contributed by atoms with Gasteiger partial charge < -0.3 is 0 Å². The zero-order valence-corrected chi connectivity index (χ0v) is 20.2. The third kappa shape index (κ3) is 4.79. The molecule has 0 aliphatic heterocycles. The molecule has 34 heavy (non-hydrogen) atoms. The van der Waals surface area contributed by atoms with E-state index >= 15 is 0 Å². The highest BCUT2D eigenvalue weighted by molar-refractivity contribution is 7.90. The molecule has 0 amide bonds. The van der Waals surface area contributed by atoms with Crippen LogP contribution in [0.1, 0.15) is 0 Å². The Morgan fingerprint density at radius 3 is 2.09 bits per heavy atom. The minimum absolute atomic E-state index is 0. The van der Waals surface area contributed by atoms with E-state index in [1.165, 1.54) is 24.7 Å². The Hall–Kier alpha value is -3.33. The van der Waals surface area contributed by atoms with Gasteiger partial charge in [-0.25, -0.2) is 22.8 Å². The van der Waals surface area contributed by atoms with Crippen molar-refractivity contribution in [3.8, 4) is 33.6 Å². The van der Waals surface area contributed by atoms with Crippen LogP contribution in [0.4, 0.5) is 4.39 Å². The summed E-state index contributed by atoms with van der Waals surface area (Å²) < 4.78 is 36.9. The highest BCUT2D eigenvalue weighted by Gasteiger charge is 2.15. The third-order valence-electron chi connectivity index (χ3n) is 5.26. The van der Waals surface area contributed by atoms with Crippen LogP contribution in [0.5, 0.6) is 0 Å². The maximum atomic E-state index is 13.4. The fourth-order valence-electron chi connectivity index (χ4n) is 3.65. The van der Waals surface area contributed by atoms with Gasteiger partial charge in [0.15, 0.2) is 9.84 Å². The number of fused-ring (bicyclic) bond motifs is 1. The predicted octanol–water partition coefficient (Wildman–Crippen LogP) is 5.74. The van der Waals surface area contributed by atoms with Crippen molar-refractivity contribution < 1.29 is 12.8 Å². The first-order chi connectivity index (χ1) is 15.4. The number of H-pyrrole nitrogens is 1. The summed E-state index contributed by atoms with van der Waals surface area (Å²) in [6, 6.07) is 18.6. The summed E-state index contributed by atoms with van der Waals surface area (Å²) >= 11 is 0. The van der Waals surface area contributed by atoms with Crippen molar-refractivity contribution >= 4 is 45.6 Å². The second-order valence-corrected chi connectivity index (χ2v) is 9.42. The van der Waals surface area contributed by atoms with Gasteiger partial charge in [0.25, 0.3) is 0 Å². The molecule has 0 saturated carbocycles. The van der Waals surface area contributed by atoms with Crippen LogP contribution in [0.15, 0.2) is 84.1 Å². The zero-order chi connectivity index (χ0) is 22.3. The number of aromatic nitrogens is 4. The van der Waals surface area contributed by atoms with Crippen molar-refractivity contribution in [2.24, 2.45) is 0 Å². The molecular weight excluding hydrogens is 498 g/mol. The molecule has 2 aromatic heterocycles. The molecule has 0 saturated heterocycles. The molecular formula is C24H19Cl2FN4O2S. The second kappa shape index (κ2) is 9.89. The molecule has 0 aliphatic rings. The van der Waals surface area contributed by atoms with Crippen LogP contribution in [0.2, 0.25) is 0 Å². The number of sulfone groups is 1. The first-order valence-electron chi connectivity index (χ1n) is 9.75. The molecule has 5 aromatic rings. The fourth-order valence-corrected chi connectivity index (χ4v) is 4.28. The second-order valence-electron chi connectivity index (χ2n) is 7.41. The number of nitrogens with one attached hydrogen (secondary N) is 1. The highest BCUT2D eigenvalue weighted by atomic mass is 35.5. The molecule has 2 heterocycles. The van der Waals surface area contributed by atoms with Gasteiger partial charge >= 0.3 is 0 Å². The lowest BCUT2D eigenvalue weighted by Gasteiger charge is -2.09. The SMILES string of the molecule is CS(=O)(=O)c1ccc(-c2n[nH]cc2-c2ccc3ncnc(-c4ccc(F)cc4)c3c2)cc1.Cl.Cl. The molecule has 5 rings (SSSR count). The summed E-state index contributed by atoms with van der Waals surface area (Å²) in [5, 5.41) is 8.11. The van der Waals surface area contributed by atoms with Gasteiger partial charge in [-0.3, -0.25) is 5.10 Å². The van der Waals surface area contributed by atoms with Gasteiger partial charge in [-0.1, -0.05) is 18.2 Å². The van der Waals surface area contributed by atoms with E-state index in [0.717, 1.165) is 33.2 Å². The number of aromatic amines is 1. The van der Waals surface area contributed by atoms with Crippen molar-refractivity contribution in [3.63, 3.8) is 0 Å². The van der Waals surface area contributed by atoms with E-state index in [-0.39, 0.29) is 35.5 Å². The lowest BCUT2D eigenvalue weighted by molar-refractivity contribution is 0.602. The molecule has 0 aliphatic carbocycles. The monoisotopic (exact) mass is 516 g/mol. The van der Waals surface area contributed by atoms with Crippen LogP contribution in [0.25, 0.3) is 44.5 Å². The van der Waals surface area contributed by atoms with E-state index in [2.05, 4.69) is 20.2 Å². The lowest BCUT2D eigenvalue weighted by Crippen LogP contribution is -1.96. The van der Waals surface area contributed by atoms with Crippen molar-refractivity contribution in [1.29, 1.82) is 0 Å². The third-order valence-corrected chi connectivity index (χ3v) is 6.39. The molecule has 0 atom stereocenters. The van der Waals surface area contributed by atoms with E-state index < -0.39 is 9.84 Å². The average Bonchev–Trinajstić information content (AvgIpc) is 3.28. The quantitative estimate of drug-likeness (QED) is 0.329. The molecule has 0 unspecified atom stereocenters. The summed E-state index contributed by atoms with van der Waals surface area (Å²) in [4.78, 5) is 9.04. The summed E-state index contributed by atoms with van der Waals surface area (Å²) in [5.41, 5.74) is 5.51. The molecule has 6 nitrogen and oxygen atoms in total. The van der Waals surface area contributed by atoms with Crippen LogP contribution in [-0.2, 0) is 9.84 Å². The Bertz CT molecular complexity index is 1550. The Kier molecular flexibility index (Phi) is 7.35. The van der Waals surface area contributed by atoms with Gasteiger partial charge in [-0.15, -0.1) is 24.8 Å². The van der Waals surface area contributed by atoms with Gasteiger partial charge in [0.1, 0.15) is 12.1 Å². The largest absolute Gasteiger partial charge is 0.284 e. The van der Waals surface area contributed by atoms with E-state index in [1.54, 1.807) is 42.6 Å². The Morgan fingerprint density at radius 1 is 0.794 bits per heavy atom. The smallest absolute Gasteiger partial charge is 0.175 e. The van der Waals surface area contributed by atoms with E-state index in [1.807, 2.05) is 18.2 Å². The summed E-state index contributed by atoms with van der Waals surface area (Å²) in [6.07, 6.45) is 4.47. The number of hydrogen-bond acceptors (Lipinski definition) is 5. The summed E-state index contributed by atoms with van der Waals surface area (Å²) in [7, 11) is -3.27. The molecule has 0 spiro atoms. The molecule has 174 valence electrons. The van der Waals surface area contributed by atoms with E-state index in [0.29, 0.717) is 11.4 Å². The van der Waals surface area contributed by atoms with Gasteiger partial charge in [-0.2, -0.15) is 5.10 Å². The van der Waals surface area contributed by atoms with Crippen molar-refractivity contribution in [2.75, 3.05) is 6.26 Å². The molecule has 3 aromatic carbocycles. The fraction of sp³-hybridized carbons (Fsp3) is 0.0417. The Balaban J connectivity index is 0.00000162. The molecule has 0 radical (unpaired) electrons. The molecule has 1 N–H and O–H groups in total. The summed E-state index contributed by atoms with van der Waals surface area (Å²) in [5.74, 6) is -0.308. The maximum absolute atomic E-state index is 13.4. The van der Waals surface area contributed by atoms with Gasteiger partial charge in [0.2, 0.25) is 0 Å². The maximum Gasteiger partial charge on any atom is 0.175 e. The van der Waals surface area contributed by atoms with Crippen LogP contribution in [-0.4, -0.2) is 34.8 Å². The van der Waals surface area contributed by atoms with E-state index in [4.69, 9.17) is 0 Å². The summed E-state index contributed by atoms with van der Waals surface area (Å²) in [6.45, 7) is 0. The first kappa shape index (κ1) is 25.3. The molecule has 0 fully saturated rings. The van der Waals surface area contributed by atoms with Crippen LogP contribution in [0, 0.1) is 5.82 Å². The molecule has 10 heteroatoms. The minimum atomic E-state index is -3.27.